The number of carbonyl (C=O) groups is 2. The third-order valence-corrected chi connectivity index (χ3v) is 6.74. The molecule has 2 N–H and O–H groups in total. The quantitative estimate of drug-likeness (QED) is 0.839. The minimum Gasteiger partial charge on any atom is -0.481 e. The lowest BCUT2D eigenvalue weighted by atomic mass is 9.52. The van der Waals surface area contributed by atoms with E-state index in [1.807, 2.05) is 0 Å². The van der Waals surface area contributed by atoms with E-state index >= 15 is 0 Å². The van der Waals surface area contributed by atoms with E-state index in [4.69, 9.17) is 5.11 Å². The van der Waals surface area contributed by atoms with Gasteiger partial charge in [0.05, 0.1) is 5.92 Å². The fourth-order valence-electron chi connectivity index (χ4n) is 5.83. The summed E-state index contributed by atoms with van der Waals surface area (Å²) in [5, 5.41) is 12.1. The lowest BCUT2D eigenvalue weighted by Gasteiger charge is -2.54. The van der Waals surface area contributed by atoms with Crippen LogP contribution in [0.5, 0.6) is 0 Å². The number of amides is 2. The van der Waals surface area contributed by atoms with E-state index in [1.54, 1.807) is 4.90 Å². The summed E-state index contributed by atoms with van der Waals surface area (Å²) >= 11 is 0. The van der Waals surface area contributed by atoms with E-state index in [-0.39, 0.29) is 11.9 Å². The molecule has 122 valence electrons. The summed E-state index contributed by atoms with van der Waals surface area (Å²) in [7, 11) is 0. The first kappa shape index (κ1) is 14.3. The summed E-state index contributed by atoms with van der Waals surface area (Å²) < 4.78 is 0. The topological polar surface area (TPSA) is 69.6 Å². The highest BCUT2D eigenvalue weighted by atomic mass is 16.4. The van der Waals surface area contributed by atoms with Gasteiger partial charge < -0.3 is 15.3 Å². The number of carboxylic acid groups (broad SMARTS) is 1. The Bertz CT molecular complexity index is 451. The van der Waals surface area contributed by atoms with Crippen LogP contribution in [0.15, 0.2) is 0 Å². The predicted molar refractivity (Wildman–Crippen MR) is 81.2 cm³/mol. The molecule has 0 spiro atoms. The smallest absolute Gasteiger partial charge is 0.317 e. The van der Waals surface area contributed by atoms with Gasteiger partial charge >= 0.3 is 12.0 Å². The molecule has 1 aliphatic heterocycles. The van der Waals surface area contributed by atoms with Gasteiger partial charge in [-0.3, -0.25) is 4.79 Å². The van der Waals surface area contributed by atoms with Crippen LogP contribution in [0.25, 0.3) is 0 Å². The number of rotatable bonds is 3. The van der Waals surface area contributed by atoms with Crippen LogP contribution in [0, 0.1) is 35.5 Å². The van der Waals surface area contributed by atoms with Crippen molar-refractivity contribution >= 4 is 12.0 Å². The van der Waals surface area contributed by atoms with Crippen molar-refractivity contribution in [1.29, 1.82) is 0 Å². The Labute approximate surface area is 131 Å². The number of hydrogen-bond acceptors (Lipinski definition) is 2. The molecule has 4 aliphatic carbocycles. The Balaban J connectivity index is 1.30. The molecule has 22 heavy (non-hydrogen) atoms. The predicted octanol–water partition coefficient (Wildman–Crippen LogP) is 2.17. The number of nitrogens with one attached hydrogen (secondary N) is 1. The van der Waals surface area contributed by atoms with E-state index < -0.39 is 5.97 Å². The van der Waals surface area contributed by atoms with Crippen molar-refractivity contribution < 1.29 is 14.7 Å². The Morgan fingerprint density at radius 3 is 2.23 bits per heavy atom. The highest BCUT2D eigenvalue weighted by Crippen LogP contribution is 2.56. The molecule has 0 aromatic carbocycles. The number of carboxylic acids is 1. The van der Waals surface area contributed by atoms with Crippen LogP contribution in [0.2, 0.25) is 0 Å². The van der Waals surface area contributed by atoms with Gasteiger partial charge in [-0.2, -0.15) is 0 Å². The third kappa shape index (κ3) is 2.48. The first-order chi connectivity index (χ1) is 10.6. The average molecular weight is 306 g/mol. The fraction of sp³-hybridized carbons (Fsp3) is 0.882. The second-order valence-corrected chi connectivity index (χ2v) is 8.05. The summed E-state index contributed by atoms with van der Waals surface area (Å²) in [4.78, 5) is 24.9. The van der Waals surface area contributed by atoms with E-state index in [9.17, 15) is 9.59 Å². The highest BCUT2D eigenvalue weighted by molar-refractivity contribution is 5.77. The molecular weight excluding hydrogens is 280 g/mol. The maximum absolute atomic E-state index is 12.3. The maximum Gasteiger partial charge on any atom is 0.317 e. The Morgan fingerprint density at radius 2 is 1.68 bits per heavy atom. The van der Waals surface area contributed by atoms with Gasteiger partial charge in [-0.1, -0.05) is 0 Å². The largest absolute Gasteiger partial charge is 0.481 e. The molecule has 1 atom stereocenters. The Kier molecular flexibility index (Phi) is 3.54. The van der Waals surface area contributed by atoms with Crippen LogP contribution in [0.3, 0.4) is 0 Å². The number of aliphatic carboxylic acids is 1. The Hall–Kier alpha value is -1.26. The van der Waals surface area contributed by atoms with Crippen molar-refractivity contribution in [3.05, 3.63) is 0 Å². The van der Waals surface area contributed by atoms with Gasteiger partial charge in [0, 0.05) is 19.6 Å². The summed E-state index contributed by atoms with van der Waals surface area (Å²) in [5.41, 5.74) is 0. The molecule has 4 bridgehead atoms. The number of hydrogen-bond donors (Lipinski definition) is 2. The molecular formula is C17H26N2O3. The van der Waals surface area contributed by atoms with Gasteiger partial charge in [0.2, 0.25) is 0 Å². The number of nitrogens with zero attached hydrogens (tertiary/aromatic N) is 1. The van der Waals surface area contributed by atoms with Gasteiger partial charge in [-0.25, -0.2) is 4.79 Å². The van der Waals surface area contributed by atoms with E-state index in [2.05, 4.69) is 5.32 Å². The van der Waals surface area contributed by atoms with Gasteiger partial charge in [0.25, 0.3) is 0 Å². The zero-order valence-electron chi connectivity index (χ0n) is 13.0. The minimum atomic E-state index is -0.781. The monoisotopic (exact) mass is 306 g/mol. The number of likely N-dealkylation sites (tertiary alicyclic amines) is 1. The fourth-order valence-corrected chi connectivity index (χ4v) is 5.83. The first-order valence-electron chi connectivity index (χ1n) is 8.85. The molecule has 5 aliphatic rings. The standard InChI is InChI=1S/C17H26N2O3/c20-16(21)12-1-2-19(9-12)17(22)18-8-15-13-4-10-3-11(6-13)7-14(15)5-10/h10-15H,1-9H2,(H,18,22)(H,20,21). The van der Waals surface area contributed by atoms with Gasteiger partial charge in [0.1, 0.15) is 0 Å². The molecule has 5 rings (SSSR count). The zero-order chi connectivity index (χ0) is 15.3. The normalized spacial score (nSPS) is 42.6. The lowest BCUT2D eigenvalue weighted by Crippen LogP contribution is -2.50. The van der Waals surface area contributed by atoms with Crippen molar-refractivity contribution in [3.8, 4) is 0 Å². The second-order valence-electron chi connectivity index (χ2n) is 8.05. The van der Waals surface area contributed by atoms with Crippen molar-refractivity contribution in [2.75, 3.05) is 19.6 Å². The minimum absolute atomic E-state index is 0.0578. The van der Waals surface area contributed by atoms with Gasteiger partial charge in [-0.15, -0.1) is 0 Å². The summed E-state index contributed by atoms with van der Waals surface area (Å²) in [5.74, 6) is 3.07. The van der Waals surface area contributed by atoms with Crippen LogP contribution < -0.4 is 5.32 Å². The molecule has 0 aromatic heterocycles. The highest BCUT2D eigenvalue weighted by Gasteiger charge is 2.48. The van der Waals surface area contributed by atoms with Crippen LogP contribution in [0.1, 0.15) is 38.5 Å². The molecule has 0 aromatic rings. The molecule has 1 unspecified atom stereocenters. The third-order valence-electron chi connectivity index (χ3n) is 6.74. The van der Waals surface area contributed by atoms with Gasteiger partial charge in [0.15, 0.2) is 0 Å². The van der Waals surface area contributed by atoms with E-state index in [0.29, 0.717) is 25.4 Å². The van der Waals surface area contributed by atoms with Crippen LogP contribution in [0.4, 0.5) is 4.79 Å². The lowest BCUT2D eigenvalue weighted by molar-refractivity contribution is -0.141. The first-order valence-corrected chi connectivity index (χ1v) is 8.85. The van der Waals surface area contributed by atoms with Crippen molar-refractivity contribution in [3.63, 3.8) is 0 Å². The number of carbonyl (C=O) groups excluding carboxylic acids is 1. The molecule has 1 heterocycles. The SMILES string of the molecule is O=C(O)C1CCN(C(=O)NCC2C3CC4CC(C3)CC2C4)C1. The van der Waals surface area contributed by atoms with Crippen LogP contribution >= 0.6 is 0 Å². The summed E-state index contributed by atoms with van der Waals surface area (Å²) in [6.45, 7) is 1.73. The zero-order valence-corrected chi connectivity index (χ0v) is 13.0. The summed E-state index contributed by atoms with van der Waals surface area (Å²) in [6, 6.07) is -0.0578. The molecule has 5 fully saturated rings. The Morgan fingerprint density at radius 1 is 1.05 bits per heavy atom. The molecule has 5 nitrogen and oxygen atoms in total. The second kappa shape index (κ2) is 5.43. The maximum atomic E-state index is 12.3. The molecule has 5 heteroatoms. The molecule has 0 radical (unpaired) electrons. The average Bonchev–Trinajstić information content (AvgIpc) is 2.95. The van der Waals surface area contributed by atoms with E-state index in [0.717, 1.165) is 30.2 Å². The van der Waals surface area contributed by atoms with Gasteiger partial charge in [-0.05, 0) is 68.1 Å². The molecule has 2 amide bonds. The van der Waals surface area contributed by atoms with Crippen LogP contribution in [-0.4, -0.2) is 41.6 Å². The van der Waals surface area contributed by atoms with Crippen molar-refractivity contribution in [1.82, 2.24) is 10.2 Å². The summed E-state index contributed by atoms with van der Waals surface area (Å²) in [6.07, 6.45) is 7.53. The van der Waals surface area contributed by atoms with Crippen molar-refractivity contribution in [2.24, 2.45) is 35.5 Å². The number of urea groups is 1. The van der Waals surface area contributed by atoms with Crippen LogP contribution in [-0.2, 0) is 4.79 Å². The van der Waals surface area contributed by atoms with Crippen molar-refractivity contribution in [2.45, 2.75) is 38.5 Å². The molecule has 1 saturated heterocycles. The molecule has 4 saturated carbocycles. The van der Waals surface area contributed by atoms with E-state index in [1.165, 1.54) is 32.1 Å².